The van der Waals surface area contributed by atoms with Gasteiger partial charge in [0.05, 0.1) is 5.56 Å². The van der Waals surface area contributed by atoms with Gasteiger partial charge in [-0.2, -0.15) is 0 Å². The number of Topliss-reactive ketones (excluding diaryl/α,β-unsaturated/α-hetero) is 1. The molecular formula is C21H18F3NO4. The Hall–Kier alpha value is -3.03. The highest BCUT2D eigenvalue weighted by Gasteiger charge is 2.37. The van der Waals surface area contributed by atoms with E-state index in [0.717, 1.165) is 24.3 Å². The third-order valence-electron chi connectivity index (χ3n) is 5.22. The van der Waals surface area contributed by atoms with E-state index in [0.29, 0.717) is 18.7 Å². The van der Waals surface area contributed by atoms with Crippen molar-refractivity contribution in [3.63, 3.8) is 0 Å². The number of hydrogen-bond donors (Lipinski definition) is 0. The smallest absolute Gasteiger partial charge is 0.256 e. The number of fused-ring (bicyclic) bond motifs is 1. The summed E-state index contributed by atoms with van der Waals surface area (Å²) >= 11 is 0. The molecule has 1 amide bonds. The molecule has 29 heavy (non-hydrogen) atoms. The maximum absolute atomic E-state index is 14.4. The second kappa shape index (κ2) is 7.42. The predicted molar refractivity (Wildman–Crippen MR) is 96.4 cm³/mol. The van der Waals surface area contributed by atoms with Crippen LogP contribution in [0.2, 0.25) is 0 Å². The van der Waals surface area contributed by atoms with E-state index in [9.17, 15) is 22.8 Å². The Bertz CT molecular complexity index is 988. The highest BCUT2D eigenvalue weighted by molar-refractivity contribution is 5.96. The Morgan fingerprint density at radius 3 is 2.69 bits per heavy atom. The van der Waals surface area contributed by atoms with Crippen molar-refractivity contribution in [2.24, 2.45) is 5.92 Å². The van der Waals surface area contributed by atoms with Gasteiger partial charge in [-0.1, -0.05) is 0 Å². The average Bonchev–Trinajstić information content (AvgIpc) is 2.63. The molecule has 8 heteroatoms. The molecule has 2 aromatic carbocycles. The van der Waals surface area contributed by atoms with Crippen molar-refractivity contribution in [3.05, 3.63) is 58.9 Å². The summed E-state index contributed by atoms with van der Waals surface area (Å²) in [5.41, 5.74) is 0.367. The molecule has 0 bridgehead atoms. The van der Waals surface area contributed by atoms with Crippen LogP contribution in [0.5, 0.6) is 11.5 Å². The van der Waals surface area contributed by atoms with Gasteiger partial charge in [-0.15, -0.1) is 0 Å². The number of ketones is 1. The maximum atomic E-state index is 14.4. The molecule has 0 spiro atoms. The summed E-state index contributed by atoms with van der Waals surface area (Å²) in [6.07, 6.45) is -0.363. The Labute approximate surface area is 165 Å². The molecule has 152 valence electrons. The minimum Gasteiger partial charge on any atom is -0.487 e. The van der Waals surface area contributed by atoms with Crippen LogP contribution in [-0.4, -0.2) is 42.4 Å². The number of nitrogens with zero attached hydrogens (tertiary/aromatic N) is 1. The van der Waals surface area contributed by atoms with Gasteiger partial charge in [0, 0.05) is 43.1 Å². The number of hydrogen-bond acceptors (Lipinski definition) is 4. The van der Waals surface area contributed by atoms with Crippen molar-refractivity contribution in [2.75, 3.05) is 19.7 Å². The number of benzene rings is 2. The van der Waals surface area contributed by atoms with Crippen molar-refractivity contribution < 1.29 is 32.2 Å². The Balaban J connectivity index is 1.41. The van der Waals surface area contributed by atoms with Crippen LogP contribution in [0.25, 0.3) is 0 Å². The number of likely N-dealkylation sites (tertiary alicyclic amines) is 1. The lowest BCUT2D eigenvalue weighted by Crippen LogP contribution is -2.55. The van der Waals surface area contributed by atoms with Crippen molar-refractivity contribution in [1.82, 2.24) is 4.90 Å². The van der Waals surface area contributed by atoms with E-state index in [1.165, 1.54) is 11.0 Å². The van der Waals surface area contributed by atoms with Gasteiger partial charge in [0.2, 0.25) is 0 Å². The Morgan fingerprint density at radius 2 is 1.93 bits per heavy atom. The van der Waals surface area contributed by atoms with Crippen molar-refractivity contribution in [3.8, 4) is 11.5 Å². The molecule has 2 heterocycles. The van der Waals surface area contributed by atoms with Crippen LogP contribution in [0.4, 0.5) is 13.2 Å². The SMILES string of the molecule is CC(Oc1cc(F)ccc1F)C1CN(C(=O)c2cc3c(cc2F)OCC(=O)C3)C1. The van der Waals surface area contributed by atoms with Gasteiger partial charge in [-0.05, 0) is 25.1 Å². The number of carbonyl (C=O) groups is 2. The molecule has 1 saturated heterocycles. The highest BCUT2D eigenvalue weighted by atomic mass is 19.1. The van der Waals surface area contributed by atoms with Crippen molar-refractivity contribution in [1.29, 1.82) is 0 Å². The van der Waals surface area contributed by atoms with Crippen LogP contribution in [0.1, 0.15) is 22.8 Å². The predicted octanol–water partition coefficient (Wildman–Crippen LogP) is 3.15. The summed E-state index contributed by atoms with van der Waals surface area (Å²) in [6, 6.07) is 5.45. The first kappa shape index (κ1) is 19.3. The molecule has 2 aliphatic rings. The number of rotatable bonds is 4. The van der Waals surface area contributed by atoms with Crippen LogP contribution in [0.15, 0.2) is 30.3 Å². The summed E-state index contributed by atoms with van der Waals surface area (Å²) < 4.78 is 52.0. The summed E-state index contributed by atoms with van der Waals surface area (Å²) in [5, 5.41) is 0. The summed E-state index contributed by atoms with van der Waals surface area (Å²) in [6.45, 7) is 2.20. The van der Waals surface area contributed by atoms with Gasteiger partial charge in [0.1, 0.15) is 30.1 Å². The van der Waals surface area contributed by atoms with Crippen LogP contribution >= 0.6 is 0 Å². The fraction of sp³-hybridized carbons (Fsp3) is 0.333. The molecule has 0 N–H and O–H groups in total. The normalized spacial score (nSPS) is 17.2. The van der Waals surface area contributed by atoms with Crippen molar-refractivity contribution >= 4 is 11.7 Å². The van der Waals surface area contributed by atoms with E-state index in [1.54, 1.807) is 6.92 Å². The zero-order valence-corrected chi connectivity index (χ0v) is 15.6. The number of amides is 1. The minimum absolute atomic E-state index is 0.0998. The van der Waals surface area contributed by atoms with Crippen LogP contribution in [0, 0.1) is 23.4 Å². The Morgan fingerprint density at radius 1 is 1.17 bits per heavy atom. The largest absolute Gasteiger partial charge is 0.487 e. The van der Waals surface area contributed by atoms with Crippen LogP contribution < -0.4 is 9.47 Å². The first-order valence-corrected chi connectivity index (χ1v) is 9.19. The van der Waals surface area contributed by atoms with E-state index in [4.69, 9.17) is 9.47 Å². The lowest BCUT2D eigenvalue weighted by atomic mass is 9.93. The van der Waals surface area contributed by atoms with Gasteiger partial charge >= 0.3 is 0 Å². The quantitative estimate of drug-likeness (QED) is 0.784. The van der Waals surface area contributed by atoms with Crippen molar-refractivity contribution in [2.45, 2.75) is 19.4 Å². The lowest BCUT2D eigenvalue weighted by molar-refractivity contribution is -0.121. The lowest BCUT2D eigenvalue weighted by Gasteiger charge is -2.42. The monoisotopic (exact) mass is 405 g/mol. The first-order valence-electron chi connectivity index (χ1n) is 9.19. The zero-order chi connectivity index (χ0) is 20.7. The molecule has 0 saturated carbocycles. The van der Waals surface area contributed by atoms with E-state index < -0.39 is 29.5 Å². The van der Waals surface area contributed by atoms with Crippen LogP contribution in [-0.2, 0) is 11.2 Å². The minimum atomic E-state index is -0.710. The maximum Gasteiger partial charge on any atom is 0.256 e. The highest BCUT2D eigenvalue weighted by Crippen LogP contribution is 2.30. The van der Waals surface area contributed by atoms with Gasteiger partial charge in [-0.25, -0.2) is 13.2 Å². The standard InChI is InChI=1S/C21H18F3NO4/c1-11(29-20-6-14(22)2-3-17(20)23)13-8-25(9-13)21(27)16-5-12-4-15(26)10-28-19(12)7-18(16)24/h2-3,5-7,11,13H,4,8-10H2,1H3. The van der Waals surface area contributed by atoms with Gasteiger partial charge in [0.15, 0.2) is 17.3 Å². The summed E-state index contributed by atoms with van der Waals surface area (Å²) in [7, 11) is 0. The van der Waals surface area contributed by atoms with Gasteiger partial charge in [-0.3, -0.25) is 9.59 Å². The third kappa shape index (κ3) is 3.79. The fourth-order valence-electron chi connectivity index (χ4n) is 3.47. The van der Waals surface area contributed by atoms with E-state index in [2.05, 4.69) is 0 Å². The molecule has 5 nitrogen and oxygen atoms in total. The molecule has 0 radical (unpaired) electrons. The van der Waals surface area contributed by atoms with E-state index in [-0.39, 0.29) is 41.8 Å². The summed E-state index contributed by atoms with van der Waals surface area (Å²) in [4.78, 5) is 25.6. The molecule has 2 aliphatic heterocycles. The fourth-order valence-corrected chi connectivity index (χ4v) is 3.47. The van der Waals surface area contributed by atoms with Crippen LogP contribution in [0.3, 0.4) is 0 Å². The Kier molecular flexibility index (Phi) is 4.94. The molecule has 4 rings (SSSR count). The molecule has 0 aromatic heterocycles. The third-order valence-corrected chi connectivity index (χ3v) is 5.22. The molecule has 2 aromatic rings. The number of halogens is 3. The second-order valence-electron chi connectivity index (χ2n) is 7.31. The summed E-state index contributed by atoms with van der Waals surface area (Å²) in [5.74, 6) is -2.63. The van der Waals surface area contributed by atoms with Gasteiger partial charge in [0.25, 0.3) is 5.91 Å². The number of ether oxygens (including phenoxy) is 2. The number of carbonyl (C=O) groups excluding carboxylic acids is 2. The van der Waals surface area contributed by atoms with E-state index in [1.807, 2.05) is 0 Å². The van der Waals surface area contributed by atoms with E-state index >= 15 is 0 Å². The molecule has 1 fully saturated rings. The second-order valence-corrected chi connectivity index (χ2v) is 7.31. The molecular weight excluding hydrogens is 387 g/mol. The first-order chi connectivity index (χ1) is 13.8. The molecule has 1 unspecified atom stereocenters. The average molecular weight is 405 g/mol. The zero-order valence-electron chi connectivity index (χ0n) is 15.6. The molecule has 0 aliphatic carbocycles. The topological polar surface area (TPSA) is 55.8 Å². The van der Waals surface area contributed by atoms with Gasteiger partial charge < -0.3 is 14.4 Å². The molecule has 1 atom stereocenters.